The molecule has 1 aromatic carbocycles. The number of sulfone groups is 1. The van der Waals surface area contributed by atoms with Crippen molar-refractivity contribution in [1.82, 2.24) is 4.72 Å². The monoisotopic (exact) mass is 348 g/mol. The van der Waals surface area contributed by atoms with Gasteiger partial charge in [0.05, 0.1) is 16.4 Å². The molecule has 0 radical (unpaired) electrons. The highest BCUT2D eigenvalue weighted by Crippen LogP contribution is 2.27. The maximum Gasteiger partial charge on any atom is 0.289 e. The van der Waals surface area contributed by atoms with E-state index in [9.17, 15) is 26.9 Å². The van der Waals surface area contributed by atoms with E-state index in [4.69, 9.17) is 0 Å². The topological polar surface area (TPSA) is 123 Å². The fourth-order valence-electron chi connectivity index (χ4n) is 2.52. The Balaban J connectivity index is 2.38. The fourth-order valence-corrected chi connectivity index (χ4v) is 5.93. The van der Waals surface area contributed by atoms with Gasteiger partial charge in [-0.1, -0.05) is 12.1 Å². The Morgan fingerprint density at radius 1 is 1.36 bits per heavy atom. The summed E-state index contributed by atoms with van der Waals surface area (Å²) in [5.41, 5.74) is -0.286. The van der Waals surface area contributed by atoms with E-state index in [0.717, 1.165) is 6.07 Å². The van der Waals surface area contributed by atoms with Gasteiger partial charge in [-0.25, -0.2) is 21.6 Å². The van der Waals surface area contributed by atoms with Crippen molar-refractivity contribution in [3.8, 4) is 0 Å². The van der Waals surface area contributed by atoms with Gasteiger partial charge < -0.3 is 0 Å². The molecule has 1 unspecified atom stereocenters. The molecule has 0 aliphatic carbocycles. The Hall–Kier alpha value is -1.52. The summed E-state index contributed by atoms with van der Waals surface area (Å²) >= 11 is 0. The number of nitrogens with one attached hydrogen (secondary N) is 1. The van der Waals surface area contributed by atoms with Crippen LogP contribution in [0.4, 0.5) is 5.69 Å². The highest BCUT2D eigenvalue weighted by atomic mass is 32.2. The first-order valence-corrected chi connectivity index (χ1v) is 9.89. The molecule has 122 valence electrons. The minimum absolute atomic E-state index is 0.0374. The summed E-state index contributed by atoms with van der Waals surface area (Å²) in [4.78, 5) is 9.85. The molecule has 10 heteroatoms. The third kappa shape index (κ3) is 3.62. The molecule has 0 amide bonds. The molecule has 0 bridgehead atoms. The molecule has 0 aromatic heterocycles. The SMILES string of the molecule is Cc1cccc([N+](=O)[O-])c1S(=O)(=O)NC1CCCS(=O)(=O)C1. The van der Waals surface area contributed by atoms with Crippen molar-refractivity contribution in [3.05, 3.63) is 33.9 Å². The second kappa shape index (κ2) is 5.94. The van der Waals surface area contributed by atoms with Crippen LogP contribution < -0.4 is 4.72 Å². The number of sulfonamides is 1. The van der Waals surface area contributed by atoms with E-state index in [-0.39, 0.29) is 17.1 Å². The van der Waals surface area contributed by atoms with Gasteiger partial charge in [-0.15, -0.1) is 0 Å². The third-order valence-corrected chi connectivity index (χ3v) is 6.97. The van der Waals surface area contributed by atoms with Crippen molar-refractivity contribution in [2.75, 3.05) is 11.5 Å². The smallest absolute Gasteiger partial charge is 0.258 e. The zero-order valence-electron chi connectivity index (χ0n) is 11.9. The van der Waals surface area contributed by atoms with E-state index >= 15 is 0 Å². The van der Waals surface area contributed by atoms with Gasteiger partial charge in [-0.3, -0.25) is 10.1 Å². The molecule has 0 saturated carbocycles. The van der Waals surface area contributed by atoms with E-state index in [1.54, 1.807) is 0 Å². The van der Waals surface area contributed by atoms with Crippen LogP contribution in [-0.4, -0.2) is 39.3 Å². The van der Waals surface area contributed by atoms with E-state index in [0.29, 0.717) is 12.8 Å². The number of nitro groups is 1. The maximum absolute atomic E-state index is 12.4. The molecule has 1 N–H and O–H groups in total. The van der Waals surface area contributed by atoms with Crippen molar-refractivity contribution in [3.63, 3.8) is 0 Å². The average molecular weight is 348 g/mol. The van der Waals surface area contributed by atoms with Gasteiger partial charge in [-0.05, 0) is 25.3 Å². The number of hydrogen-bond donors (Lipinski definition) is 1. The third-order valence-electron chi connectivity index (χ3n) is 3.44. The van der Waals surface area contributed by atoms with Crippen molar-refractivity contribution in [1.29, 1.82) is 0 Å². The van der Waals surface area contributed by atoms with Crippen LogP contribution in [0.5, 0.6) is 0 Å². The lowest BCUT2D eigenvalue weighted by atomic mass is 10.2. The quantitative estimate of drug-likeness (QED) is 0.633. The summed E-state index contributed by atoms with van der Waals surface area (Å²) in [6.07, 6.45) is 0.753. The zero-order chi connectivity index (χ0) is 16.5. The predicted molar refractivity (Wildman–Crippen MR) is 79.8 cm³/mol. The van der Waals surface area contributed by atoms with Gasteiger partial charge in [0.1, 0.15) is 0 Å². The Kier molecular flexibility index (Phi) is 4.54. The van der Waals surface area contributed by atoms with Crippen molar-refractivity contribution in [2.24, 2.45) is 0 Å². The summed E-state index contributed by atoms with van der Waals surface area (Å²) in [6, 6.07) is 3.21. The Morgan fingerprint density at radius 2 is 2.05 bits per heavy atom. The summed E-state index contributed by atoms with van der Waals surface area (Å²) in [6.45, 7) is 1.46. The summed E-state index contributed by atoms with van der Waals surface area (Å²) in [5, 5.41) is 11.0. The van der Waals surface area contributed by atoms with Crippen LogP contribution in [0.1, 0.15) is 18.4 Å². The molecule has 2 rings (SSSR count). The van der Waals surface area contributed by atoms with Crippen molar-refractivity contribution >= 4 is 25.5 Å². The Labute approximate surface area is 128 Å². The number of nitro benzene ring substituents is 1. The molecule has 1 saturated heterocycles. The van der Waals surface area contributed by atoms with E-state index in [1.807, 2.05) is 0 Å². The van der Waals surface area contributed by atoms with Crippen LogP contribution in [0.2, 0.25) is 0 Å². The number of benzene rings is 1. The number of hydrogen-bond acceptors (Lipinski definition) is 6. The molecule has 1 aromatic rings. The molecule has 0 spiro atoms. The molecule has 1 atom stereocenters. The Morgan fingerprint density at radius 3 is 2.64 bits per heavy atom. The van der Waals surface area contributed by atoms with Gasteiger partial charge >= 0.3 is 0 Å². The predicted octanol–water partition coefficient (Wildman–Crippen LogP) is 0.759. The molecule has 1 aliphatic rings. The lowest BCUT2D eigenvalue weighted by Gasteiger charge is -2.23. The summed E-state index contributed by atoms with van der Waals surface area (Å²) in [5.74, 6) is -0.248. The first-order valence-electron chi connectivity index (χ1n) is 6.59. The average Bonchev–Trinajstić information content (AvgIpc) is 2.36. The van der Waals surface area contributed by atoms with Gasteiger partial charge in [0.2, 0.25) is 10.0 Å². The number of rotatable bonds is 4. The lowest BCUT2D eigenvalue weighted by molar-refractivity contribution is -0.387. The maximum atomic E-state index is 12.4. The van der Waals surface area contributed by atoms with Crippen LogP contribution >= 0.6 is 0 Å². The standard InChI is InChI=1S/C12H16N2O6S2/c1-9-4-2-6-11(14(15)16)12(9)22(19,20)13-10-5-3-7-21(17,18)8-10/h2,4,6,10,13H,3,5,7-8H2,1H3. The zero-order valence-corrected chi connectivity index (χ0v) is 13.5. The van der Waals surface area contributed by atoms with E-state index < -0.39 is 41.4 Å². The second-order valence-corrected chi connectivity index (χ2v) is 9.13. The van der Waals surface area contributed by atoms with E-state index in [2.05, 4.69) is 4.72 Å². The van der Waals surface area contributed by atoms with Crippen molar-refractivity contribution < 1.29 is 21.8 Å². The van der Waals surface area contributed by atoms with Gasteiger partial charge in [0.25, 0.3) is 5.69 Å². The van der Waals surface area contributed by atoms with Gasteiger partial charge in [-0.2, -0.15) is 0 Å². The Bertz CT molecular complexity index is 801. The number of nitrogens with zero attached hydrogens (tertiary/aromatic N) is 1. The van der Waals surface area contributed by atoms with Crippen molar-refractivity contribution in [2.45, 2.75) is 30.7 Å². The largest absolute Gasteiger partial charge is 0.289 e. The second-order valence-electron chi connectivity index (χ2n) is 5.26. The van der Waals surface area contributed by atoms with Gasteiger partial charge in [0, 0.05) is 12.1 Å². The van der Waals surface area contributed by atoms with Gasteiger partial charge in [0.15, 0.2) is 14.7 Å². The molecule has 1 aliphatic heterocycles. The van der Waals surface area contributed by atoms with Crippen LogP contribution in [0, 0.1) is 17.0 Å². The van der Waals surface area contributed by atoms with Crippen LogP contribution in [0.25, 0.3) is 0 Å². The first-order chi connectivity index (χ1) is 10.1. The van der Waals surface area contributed by atoms with Crippen LogP contribution in [0.3, 0.4) is 0 Å². The molecular formula is C12H16N2O6S2. The van der Waals surface area contributed by atoms with Crippen LogP contribution in [0.15, 0.2) is 23.1 Å². The summed E-state index contributed by atoms with van der Waals surface area (Å²) < 4.78 is 50.4. The van der Waals surface area contributed by atoms with Crippen LogP contribution in [-0.2, 0) is 19.9 Å². The highest BCUT2D eigenvalue weighted by Gasteiger charge is 2.33. The molecule has 22 heavy (non-hydrogen) atoms. The minimum atomic E-state index is -4.17. The molecule has 1 fully saturated rings. The highest BCUT2D eigenvalue weighted by molar-refractivity contribution is 7.91. The normalized spacial score (nSPS) is 21.4. The van der Waals surface area contributed by atoms with E-state index in [1.165, 1.54) is 19.1 Å². The molecular weight excluding hydrogens is 332 g/mol. The lowest BCUT2D eigenvalue weighted by Crippen LogP contribution is -2.43. The minimum Gasteiger partial charge on any atom is -0.258 e. The molecule has 1 heterocycles. The number of aryl methyl sites for hydroxylation is 1. The fraction of sp³-hybridized carbons (Fsp3) is 0.500. The summed E-state index contributed by atoms with van der Waals surface area (Å²) in [7, 11) is -7.46. The first kappa shape index (κ1) is 16.8. The molecule has 8 nitrogen and oxygen atoms in total.